The number of rotatable bonds is 7. The first kappa shape index (κ1) is 21.9. The van der Waals surface area contributed by atoms with Crippen LogP contribution in [0.15, 0.2) is 47.4 Å². The predicted octanol–water partition coefficient (Wildman–Crippen LogP) is 4.31. The fourth-order valence-electron chi connectivity index (χ4n) is 2.26. The van der Waals surface area contributed by atoms with E-state index in [9.17, 15) is 31.7 Å². The highest BCUT2D eigenvalue weighted by atomic mass is 35.5. The van der Waals surface area contributed by atoms with E-state index in [-0.39, 0.29) is 16.3 Å². The summed E-state index contributed by atoms with van der Waals surface area (Å²) in [5, 5.41) is 10.7. The molecule has 0 saturated heterocycles. The molecule has 0 N–H and O–H groups in total. The summed E-state index contributed by atoms with van der Waals surface area (Å²) in [5.74, 6) is -2.15. The van der Waals surface area contributed by atoms with Gasteiger partial charge in [-0.2, -0.15) is 21.6 Å². The monoisotopic (exact) mass is 439 g/mol. The van der Waals surface area contributed by atoms with Gasteiger partial charge in [0.1, 0.15) is 16.6 Å². The van der Waals surface area contributed by atoms with Crippen molar-refractivity contribution in [1.29, 1.82) is 0 Å². The van der Waals surface area contributed by atoms with Crippen LogP contribution in [-0.2, 0) is 14.3 Å². The standard InChI is InChI=1S/C16H13ClF3NO6S/c1-26-15-6-5-10(7-14(15)17)13(16(18,19)20)9-27-28(24,25)12-4-2-3-11(8-12)21(22)23/h2-8,13H,9H2,1H3/t13-/m0/s1. The predicted molar refractivity (Wildman–Crippen MR) is 93.0 cm³/mol. The molecule has 28 heavy (non-hydrogen) atoms. The fraction of sp³-hybridized carbons (Fsp3) is 0.250. The first-order valence-corrected chi connectivity index (χ1v) is 9.28. The lowest BCUT2D eigenvalue weighted by Crippen LogP contribution is -2.27. The van der Waals surface area contributed by atoms with Crippen molar-refractivity contribution in [2.45, 2.75) is 17.0 Å². The minimum absolute atomic E-state index is 0.0872. The third kappa shape index (κ3) is 5.12. The Kier molecular flexibility index (Phi) is 6.52. The number of non-ortho nitro benzene ring substituents is 1. The van der Waals surface area contributed by atoms with Crippen LogP contribution in [-0.4, -0.2) is 33.2 Å². The molecule has 0 aliphatic carbocycles. The Morgan fingerprint density at radius 2 is 1.89 bits per heavy atom. The number of ether oxygens (including phenoxy) is 1. The fourth-order valence-corrected chi connectivity index (χ4v) is 3.49. The van der Waals surface area contributed by atoms with E-state index in [4.69, 9.17) is 16.3 Å². The van der Waals surface area contributed by atoms with Crippen LogP contribution in [0.4, 0.5) is 18.9 Å². The molecule has 0 unspecified atom stereocenters. The summed E-state index contributed by atoms with van der Waals surface area (Å²) >= 11 is 5.84. The molecular weight excluding hydrogens is 427 g/mol. The number of methoxy groups -OCH3 is 1. The number of halogens is 4. The molecule has 0 saturated carbocycles. The van der Waals surface area contributed by atoms with Gasteiger partial charge in [-0.1, -0.05) is 23.7 Å². The van der Waals surface area contributed by atoms with E-state index in [2.05, 4.69) is 4.18 Å². The van der Waals surface area contributed by atoms with Gasteiger partial charge in [-0.05, 0) is 23.8 Å². The van der Waals surface area contributed by atoms with Crippen molar-refractivity contribution >= 4 is 27.4 Å². The lowest BCUT2D eigenvalue weighted by atomic mass is 9.99. The van der Waals surface area contributed by atoms with Crippen molar-refractivity contribution in [3.63, 3.8) is 0 Å². The number of nitro benzene ring substituents is 1. The van der Waals surface area contributed by atoms with Gasteiger partial charge in [-0.15, -0.1) is 0 Å². The maximum atomic E-state index is 13.4. The highest BCUT2D eigenvalue weighted by Gasteiger charge is 2.42. The minimum Gasteiger partial charge on any atom is -0.495 e. The van der Waals surface area contributed by atoms with Gasteiger partial charge in [0.05, 0.1) is 23.7 Å². The lowest BCUT2D eigenvalue weighted by molar-refractivity contribution is -0.385. The molecule has 1 atom stereocenters. The topological polar surface area (TPSA) is 95.7 Å². The Labute approximate surface area is 162 Å². The summed E-state index contributed by atoms with van der Waals surface area (Å²) in [6.45, 7) is -1.27. The van der Waals surface area contributed by atoms with Crippen molar-refractivity contribution in [2.24, 2.45) is 0 Å². The molecule has 152 valence electrons. The average molecular weight is 440 g/mol. The van der Waals surface area contributed by atoms with Crippen molar-refractivity contribution in [3.05, 3.63) is 63.2 Å². The third-order valence-corrected chi connectivity index (χ3v) is 5.25. The molecule has 0 heterocycles. The van der Waals surface area contributed by atoms with Crippen LogP contribution in [0, 0.1) is 10.1 Å². The van der Waals surface area contributed by atoms with E-state index in [0.717, 1.165) is 30.3 Å². The first-order valence-electron chi connectivity index (χ1n) is 7.49. The third-order valence-electron chi connectivity index (χ3n) is 3.68. The Hall–Kier alpha value is -2.37. The zero-order chi connectivity index (χ0) is 21.1. The van der Waals surface area contributed by atoms with E-state index < -0.39 is 44.3 Å². The molecule has 0 fully saturated rings. The first-order chi connectivity index (χ1) is 13.0. The highest BCUT2D eigenvalue weighted by molar-refractivity contribution is 7.86. The van der Waals surface area contributed by atoms with E-state index in [1.54, 1.807) is 0 Å². The van der Waals surface area contributed by atoms with Gasteiger partial charge in [0.2, 0.25) is 0 Å². The Balaban J connectivity index is 2.30. The van der Waals surface area contributed by atoms with E-state index in [0.29, 0.717) is 6.07 Å². The molecule has 0 aromatic heterocycles. The van der Waals surface area contributed by atoms with Crippen molar-refractivity contribution < 1.29 is 35.4 Å². The lowest BCUT2D eigenvalue weighted by Gasteiger charge is -2.21. The number of nitro groups is 1. The molecule has 0 aliphatic rings. The van der Waals surface area contributed by atoms with E-state index in [1.807, 2.05) is 0 Å². The average Bonchev–Trinajstić information content (AvgIpc) is 2.61. The summed E-state index contributed by atoms with van der Waals surface area (Å²) in [5.41, 5.74) is -0.869. The Bertz CT molecular complexity index is 981. The maximum Gasteiger partial charge on any atom is 0.398 e. The summed E-state index contributed by atoms with van der Waals surface area (Å²) in [6, 6.07) is 7.10. The maximum absolute atomic E-state index is 13.4. The van der Waals surface area contributed by atoms with Crippen LogP contribution in [0.5, 0.6) is 5.75 Å². The molecule has 0 bridgehead atoms. The zero-order valence-electron chi connectivity index (χ0n) is 14.1. The van der Waals surface area contributed by atoms with Crippen LogP contribution in [0.25, 0.3) is 0 Å². The van der Waals surface area contributed by atoms with Gasteiger partial charge in [0, 0.05) is 12.1 Å². The second-order valence-electron chi connectivity index (χ2n) is 5.48. The number of hydrogen-bond acceptors (Lipinski definition) is 6. The van der Waals surface area contributed by atoms with Crippen molar-refractivity contribution in [2.75, 3.05) is 13.7 Å². The normalized spacial score (nSPS) is 13.2. The Morgan fingerprint density at radius 1 is 1.21 bits per heavy atom. The van der Waals surface area contributed by atoms with Gasteiger partial charge < -0.3 is 4.74 Å². The van der Waals surface area contributed by atoms with E-state index >= 15 is 0 Å². The molecule has 2 aromatic rings. The number of alkyl halides is 3. The van der Waals surface area contributed by atoms with E-state index in [1.165, 1.54) is 13.2 Å². The summed E-state index contributed by atoms with van der Waals surface area (Å²) < 4.78 is 74.1. The summed E-state index contributed by atoms with van der Waals surface area (Å²) in [7, 11) is -3.38. The molecule has 0 aliphatic heterocycles. The SMILES string of the molecule is COc1ccc([C@H](COS(=O)(=O)c2cccc([N+](=O)[O-])c2)C(F)(F)F)cc1Cl. The van der Waals surface area contributed by atoms with Crippen LogP contribution in [0.2, 0.25) is 5.02 Å². The molecule has 0 spiro atoms. The largest absolute Gasteiger partial charge is 0.495 e. The summed E-state index contributed by atoms with van der Waals surface area (Å²) in [4.78, 5) is 9.28. The van der Waals surface area contributed by atoms with Crippen LogP contribution in [0.3, 0.4) is 0 Å². The minimum atomic E-state index is -4.84. The van der Waals surface area contributed by atoms with Crippen molar-refractivity contribution in [3.8, 4) is 5.75 Å². The van der Waals surface area contributed by atoms with Gasteiger partial charge in [-0.25, -0.2) is 0 Å². The van der Waals surface area contributed by atoms with Crippen LogP contribution < -0.4 is 4.74 Å². The molecule has 7 nitrogen and oxygen atoms in total. The van der Waals surface area contributed by atoms with Gasteiger partial charge in [-0.3, -0.25) is 14.3 Å². The molecule has 2 aromatic carbocycles. The molecule has 0 amide bonds. The second kappa shape index (κ2) is 8.33. The van der Waals surface area contributed by atoms with Crippen molar-refractivity contribution in [1.82, 2.24) is 0 Å². The van der Waals surface area contributed by atoms with Crippen LogP contribution in [0.1, 0.15) is 11.5 Å². The number of nitrogens with zero attached hydrogens (tertiary/aromatic N) is 1. The highest BCUT2D eigenvalue weighted by Crippen LogP contribution is 2.38. The quantitative estimate of drug-likeness (QED) is 0.362. The van der Waals surface area contributed by atoms with Crippen LogP contribution >= 0.6 is 11.6 Å². The molecule has 12 heteroatoms. The van der Waals surface area contributed by atoms with Gasteiger partial charge in [0.25, 0.3) is 15.8 Å². The second-order valence-corrected chi connectivity index (χ2v) is 7.50. The smallest absolute Gasteiger partial charge is 0.398 e. The van der Waals surface area contributed by atoms with Gasteiger partial charge >= 0.3 is 6.18 Å². The molecule has 2 rings (SSSR count). The number of benzene rings is 2. The zero-order valence-corrected chi connectivity index (χ0v) is 15.7. The summed E-state index contributed by atoms with van der Waals surface area (Å²) in [6.07, 6.45) is -4.84. The Morgan fingerprint density at radius 3 is 2.43 bits per heavy atom. The number of hydrogen-bond donors (Lipinski definition) is 0. The van der Waals surface area contributed by atoms with Gasteiger partial charge in [0.15, 0.2) is 0 Å². The molecular formula is C16H13ClF3NO6S. The molecule has 0 radical (unpaired) electrons.